The first-order chi connectivity index (χ1) is 11.8. The molecule has 1 amide bonds. The second-order valence-corrected chi connectivity index (χ2v) is 6.12. The number of carboxylic acid groups (broad SMARTS) is 1. The third-order valence-electron chi connectivity index (χ3n) is 4.13. The molecule has 0 radical (unpaired) electrons. The van der Waals surface area contributed by atoms with Crippen LogP contribution in [0.15, 0.2) is 18.2 Å². The zero-order valence-electron chi connectivity index (χ0n) is 13.6. The minimum atomic E-state index is -1.03. The van der Waals surface area contributed by atoms with Gasteiger partial charge in [0.1, 0.15) is 0 Å². The van der Waals surface area contributed by atoms with Gasteiger partial charge in [-0.05, 0) is 18.6 Å². The molecule has 0 saturated carbocycles. The van der Waals surface area contributed by atoms with Crippen LogP contribution in [0.25, 0.3) is 0 Å². The van der Waals surface area contributed by atoms with Gasteiger partial charge in [0.25, 0.3) is 5.69 Å². The lowest BCUT2D eigenvalue weighted by molar-refractivity contribution is -0.385. The lowest BCUT2D eigenvalue weighted by Crippen LogP contribution is -2.41. The van der Waals surface area contributed by atoms with Crippen molar-refractivity contribution in [1.29, 1.82) is 0 Å². The number of halogens is 1. The van der Waals surface area contributed by atoms with E-state index in [1.807, 2.05) is 0 Å². The number of hydrogen-bond donors (Lipinski definition) is 1. The molecule has 1 aromatic carbocycles. The predicted octanol–water partition coefficient (Wildman–Crippen LogP) is 1.98. The van der Waals surface area contributed by atoms with Crippen LogP contribution in [0.5, 0.6) is 0 Å². The van der Waals surface area contributed by atoms with Crippen molar-refractivity contribution in [2.75, 3.05) is 26.7 Å². The molecule has 10 heteroatoms. The molecule has 0 bridgehead atoms. The number of nitro benzene ring substituents is 1. The van der Waals surface area contributed by atoms with E-state index in [9.17, 15) is 19.7 Å². The maximum Gasteiger partial charge on any atom is 0.407 e. The Labute approximate surface area is 148 Å². The normalized spacial score (nSPS) is 16.9. The third kappa shape index (κ3) is 4.80. The van der Waals surface area contributed by atoms with Gasteiger partial charge in [-0.15, -0.1) is 0 Å². The van der Waals surface area contributed by atoms with Crippen LogP contribution in [0, 0.1) is 10.1 Å². The highest BCUT2D eigenvalue weighted by molar-refractivity contribution is 6.30. The van der Waals surface area contributed by atoms with Crippen LogP contribution in [0.4, 0.5) is 10.5 Å². The number of carbonyl (C=O) groups excluding carboxylic acids is 1. The van der Waals surface area contributed by atoms with Crippen LogP contribution in [-0.4, -0.2) is 64.7 Å². The van der Waals surface area contributed by atoms with Crippen LogP contribution < -0.4 is 0 Å². The van der Waals surface area contributed by atoms with E-state index in [0.717, 1.165) is 0 Å². The predicted molar refractivity (Wildman–Crippen MR) is 88.5 cm³/mol. The van der Waals surface area contributed by atoms with Crippen LogP contribution >= 0.6 is 11.6 Å². The smallest absolute Gasteiger partial charge is 0.407 e. The average Bonchev–Trinajstić information content (AvgIpc) is 3.05. The van der Waals surface area contributed by atoms with Gasteiger partial charge in [-0.2, -0.15) is 0 Å². The summed E-state index contributed by atoms with van der Waals surface area (Å²) in [5.74, 6) is -0.495. The van der Waals surface area contributed by atoms with Gasteiger partial charge in [0.05, 0.1) is 18.6 Å². The topological polar surface area (TPSA) is 113 Å². The number of amides is 1. The van der Waals surface area contributed by atoms with Gasteiger partial charge >= 0.3 is 12.1 Å². The van der Waals surface area contributed by atoms with Crippen molar-refractivity contribution >= 4 is 29.4 Å². The van der Waals surface area contributed by atoms with Crippen LogP contribution in [-0.2, 0) is 16.1 Å². The number of likely N-dealkylation sites (tertiary alicyclic amines) is 1. The van der Waals surface area contributed by atoms with Gasteiger partial charge in [-0.3, -0.25) is 19.8 Å². The number of nitro groups is 1. The summed E-state index contributed by atoms with van der Waals surface area (Å²) >= 11 is 5.82. The van der Waals surface area contributed by atoms with E-state index in [0.29, 0.717) is 18.5 Å². The molecular formula is C15H18ClN3O6. The molecule has 25 heavy (non-hydrogen) atoms. The Morgan fingerprint density at radius 2 is 2.24 bits per heavy atom. The molecule has 0 spiro atoms. The summed E-state index contributed by atoms with van der Waals surface area (Å²) < 4.78 is 4.68. The molecule has 0 aromatic heterocycles. The van der Waals surface area contributed by atoms with Gasteiger partial charge in [-0.1, -0.05) is 11.6 Å². The van der Waals surface area contributed by atoms with E-state index in [1.54, 1.807) is 11.0 Å². The van der Waals surface area contributed by atoms with Gasteiger partial charge in [0.2, 0.25) is 0 Å². The molecule has 9 nitrogen and oxygen atoms in total. The highest BCUT2D eigenvalue weighted by Gasteiger charge is 2.32. The van der Waals surface area contributed by atoms with E-state index in [-0.39, 0.29) is 36.4 Å². The first kappa shape index (κ1) is 18.9. The molecule has 1 fully saturated rings. The zero-order valence-corrected chi connectivity index (χ0v) is 14.3. The third-order valence-corrected chi connectivity index (χ3v) is 4.36. The quantitative estimate of drug-likeness (QED) is 0.462. The molecule has 2 rings (SSSR count). The fourth-order valence-electron chi connectivity index (χ4n) is 2.82. The minimum Gasteiger partial charge on any atom is -0.468 e. The zero-order chi connectivity index (χ0) is 18.6. The molecular weight excluding hydrogens is 354 g/mol. The molecule has 1 N–H and O–H groups in total. The Kier molecular flexibility index (Phi) is 6.16. The molecule has 136 valence electrons. The van der Waals surface area contributed by atoms with Crippen molar-refractivity contribution in [1.82, 2.24) is 9.80 Å². The molecule has 1 aliphatic heterocycles. The first-order valence-electron chi connectivity index (χ1n) is 7.53. The number of ether oxygens (including phenoxy) is 1. The Balaban J connectivity index is 2.24. The van der Waals surface area contributed by atoms with Gasteiger partial charge < -0.3 is 14.7 Å². The number of carbonyl (C=O) groups is 2. The number of benzene rings is 1. The standard InChI is InChI=1S/C15H18ClN3O6/c1-25-14(20)9-18(12-4-5-17(8-12)15(21)22)7-10-2-3-11(16)6-13(10)19(23)24/h2-3,6,12H,4-5,7-9H2,1H3,(H,21,22). The first-order valence-corrected chi connectivity index (χ1v) is 7.91. The second-order valence-electron chi connectivity index (χ2n) is 5.68. The van der Waals surface area contributed by atoms with Crippen molar-refractivity contribution < 1.29 is 24.4 Å². The number of hydrogen-bond acceptors (Lipinski definition) is 6. The van der Waals surface area contributed by atoms with Crippen molar-refractivity contribution in [3.63, 3.8) is 0 Å². The largest absolute Gasteiger partial charge is 0.468 e. The van der Waals surface area contributed by atoms with E-state index in [1.165, 1.54) is 24.1 Å². The molecule has 1 unspecified atom stereocenters. The summed E-state index contributed by atoms with van der Waals surface area (Å²) in [6.45, 7) is 0.600. The highest BCUT2D eigenvalue weighted by Crippen LogP contribution is 2.26. The Hall–Kier alpha value is -2.39. The van der Waals surface area contributed by atoms with Crippen LogP contribution in [0.1, 0.15) is 12.0 Å². The van der Waals surface area contributed by atoms with E-state index in [4.69, 9.17) is 16.7 Å². The van der Waals surface area contributed by atoms with Gasteiger partial charge in [0.15, 0.2) is 0 Å². The molecule has 1 saturated heterocycles. The second kappa shape index (κ2) is 8.13. The highest BCUT2D eigenvalue weighted by atomic mass is 35.5. The van der Waals surface area contributed by atoms with Gasteiger partial charge in [0, 0.05) is 42.3 Å². The Morgan fingerprint density at radius 1 is 1.52 bits per heavy atom. The average molecular weight is 372 g/mol. The summed E-state index contributed by atoms with van der Waals surface area (Å²) in [5, 5.41) is 20.6. The summed E-state index contributed by atoms with van der Waals surface area (Å²) in [5.41, 5.74) is 0.252. The van der Waals surface area contributed by atoms with E-state index < -0.39 is 17.0 Å². The maximum absolute atomic E-state index is 11.7. The van der Waals surface area contributed by atoms with E-state index in [2.05, 4.69) is 4.74 Å². The summed E-state index contributed by atoms with van der Waals surface area (Å²) in [6, 6.07) is 4.10. The summed E-state index contributed by atoms with van der Waals surface area (Å²) in [7, 11) is 1.25. The van der Waals surface area contributed by atoms with Crippen LogP contribution in [0.3, 0.4) is 0 Å². The number of methoxy groups -OCH3 is 1. The lowest BCUT2D eigenvalue weighted by Gasteiger charge is -2.27. The number of nitrogens with zero attached hydrogens (tertiary/aromatic N) is 3. The van der Waals surface area contributed by atoms with Crippen molar-refractivity contribution in [2.45, 2.75) is 19.0 Å². The SMILES string of the molecule is COC(=O)CN(Cc1ccc(Cl)cc1[N+](=O)[O-])C1CCN(C(=O)O)C1. The fraction of sp³-hybridized carbons (Fsp3) is 0.467. The Morgan fingerprint density at radius 3 is 2.80 bits per heavy atom. The fourth-order valence-corrected chi connectivity index (χ4v) is 2.98. The molecule has 1 aliphatic rings. The molecule has 1 atom stereocenters. The maximum atomic E-state index is 11.7. The minimum absolute atomic E-state index is 0.0889. The monoisotopic (exact) mass is 371 g/mol. The number of esters is 1. The van der Waals surface area contributed by atoms with Crippen molar-refractivity contribution in [3.05, 3.63) is 38.9 Å². The molecule has 1 heterocycles. The van der Waals surface area contributed by atoms with Crippen molar-refractivity contribution in [3.8, 4) is 0 Å². The summed E-state index contributed by atoms with van der Waals surface area (Å²) in [4.78, 5) is 36.5. The molecule has 1 aromatic rings. The lowest BCUT2D eigenvalue weighted by atomic mass is 10.1. The number of rotatable bonds is 6. The molecule has 0 aliphatic carbocycles. The van der Waals surface area contributed by atoms with E-state index >= 15 is 0 Å². The summed E-state index contributed by atoms with van der Waals surface area (Å²) in [6.07, 6.45) is -0.497. The van der Waals surface area contributed by atoms with Crippen LogP contribution in [0.2, 0.25) is 5.02 Å². The van der Waals surface area contributed by atoms with Gasteiger partial charge in [-0.25, -0.2) is 4.79 Å². The Bertz CT molecular complexity index is 683. The van der Waals surface area contributed by atoms with Crippen molar-refractivity contribution in [2.24, 2.45) is 0 Å².